The first-order valence-electron chi connectivity index (χ1n) is 9.09. The smallest absolute Gasteiger partial charge is 0.324 e. The summed E-state index contributed by atoms with van der Waals surface area (Å²) >= 11 is 2.47. The number of hydrogen-bond donors (Lipinski definition) is 1. The lowest BCUT2D eigenvalue weighted by Gasteiger charge is -2.31. The van der Waals surface area contributed by atoms with E-state index in [9.17, 15) is 22.8 Å². The molecule has 2 aromatic heterocycles. The Morgan fingerprint density at radius 2 is 2.03 bits per heavy atom. The first-order chi connectivity index (χ1) is 14.8. The predicted octanol–water partition coefficient (Wildman–Crippen LogP) is 3.94. The van der Waals surface area contributed by atoms with Crippen molar-refractivity contribution >= 4 is 46.3 Å². The number of alkyl halides is 3. The Bertz CT molecular complexity index is 1110. The Morgan fingerprint density at radius 3 is 2.74 bits per heavy atom. The fourth-order valence-electron chi connectivity index (χ4n) is 3.25. The highest BCUT2D eigenvalue weighted by molar-refractivity contribution is 7.99. The zero-order valence-corrected chi connectivity index (χ0v) is 17.7. The molecule has 12 heteroatoms. The van der Waals surface area contributed by atoms with Gasteiger partial charge in [0, 0.05) is 7.05 Å². The van der Waals surface area contributed by atoms with Gasteiger partial charge >= 0.3 is 6.18 Å². The van der Waals surface area contributed by atoms with Crippen LogP contribution in [0, 0.1) is 0 Å². The standard InChI is InChI=1S/C19H16F3N5O2S2/c1-26-17(13-7-4-8-30-13)24-25-18(26)31-10-16(29)27-12-6-3-2-5-11(12)23-15(28)9-14(27)19(20,21)22/h2-8,14H,9-10H2,1H3,(H,23,28). The number of halogens is 3. The summed E-state index contributed by atoms with van der Waals surface area (Å²) in [4.78, 5) is 26.6. The maximum Gasteiger partial charge on any atom is 0.409 e. The van der Waals surface area contributed by atoms with E-state index in [1.165, 1.54) is 29.5 Å². The number of thioether (sulfide) groups is 1. The van der Waals surface area contributed by atoms with E-state index in [1.54, 1.807) is 17.7 Å². The van der Waals surface area contributed by atoms with Crippen LogP contribution in [0.2, 0.25) is 0 Å². The van der Waals surface area contributed by atoms with Crippen LogP contribution >= 0.6 is 23.1 Å². The van der Waals surface area contributed by atoms with Crippen LogP contribution in [0.15, 0.2) is 46.9 Å². The van der Waals surface area contributed by atoms with Gasteiger partial charge in [0.05, 0.1) is 28.4 Å². The van der Waals surface area contributed by atoms with E-state index < -0.39 is 30.5 Å². The summed E-state index contributed by atoms with van der Waals surface area (Å²) in [5.41, 5.74) is 0.176. The Kier molecular flexibility index (Phi) is 5.75. The van der Waals surface area contributed by atoms with Gasteiger partial charge < -0.3 is 9.88 Å². The van der Waals surface area contributed by atoms with Crippen molar-refractivity contribution in [3.63, 3.8) is 0 Å². The van der Waals surface area contributed by atoms with Gasteiger partial charge in [-0.05, 0) is 23.6 Å². The molecular formula is C19H16F3N5O2S2. The van der Waals surface area contributed by atoms with E-state index in [0.717, 1.165) is 16.6 Å². The normalized spacial score (nSPS) is 16.6. The number of carbonyl (C=O) groups excluding carboxylic acids is 2. The van der Waals surface area contributed by atoms with Gasteiger partial charge in [0.15, 0.2) is 11.0 Å². The van der Waals surface area contributed by atoms with Gasteiger partial charge in [-0.2, -0.15) is 13.2 Å². The molecule has 3 heterocycles. The van der Waals surface area contributed by atoms with Crippen LogP contribution in [0.3, 0.4) is 0 Å². The minimum Gasteiger partial charge on any atom is -0.324 e. The summed E-state index contributed by atoms with van der Waals surface area (Å²) in [5.74, 6) is -1.28. The van der Waals surface area contributed by atoms with Gasteiger partial charge in [0.2, 0.25) is 11.8 Å². The number of nitrogens with one attached hydrogen (secondary N) is 1. The second-order valence-corrected chi connectivity index (χ2v) is 8.61. The van der Waals surface area contributed by atoms with E-state index in [-0.39, 0.29) is 17.1 Å². The topological polar surface area (TPSA) is 80.1 Å². The van der Waals surface area contributed by atoms with Crippen molar-refractivity contribution in [3.8, 4) is 10.7 Å². The third-order valence-electron chi connectivity index (χ3n) is 4.68. The van der Waals surface area contributed by atoms with Gasteiger partial charge in [0.25, 0.3) is 0 Å². The summed E-state index contributed by atoms with van der Waals surface area (Å²) in [6, 6.07) is 7.44. The number of nitrogens with zero attached hydrogens (tertiary/aromatic N) is 4. The van der Waals surface area contributed by atoms with E-state index >= 15 is 0 Å². The Balaban J connectivity index is 1.61. The summed E-state index contributed by atoms with van der Waals surface area (Å²) in [7, 11) is 1.73. The fourth-order valence-corrected chi connectivity index (χ4v) is 4.77. The highest BCUT2D eigenvalue weighted by Gasteiger charge is 2.48. The van der Waals surface area contributed by atoms with Gasteiger partial charge in [-0.15, -0.1) is 21.5 Å². The number of rotatable bonds is 4. The molecular weight excluding hydrogens is 451 g/mol. The molecule has 0 bridgehead atoms. The van der Waals surface area contributed by atoms with Gasteiger partial charge in [-0.25, -0.2) is 0 Å². The van der Waals surface area contributed by atoms with Crippen molar-refractivity contribution < 1.29 is 22.8 Å². The second kappa shape index (κ2) is 8.35. The number of para-hydroxylation sites is 2. The molecule has 162 valence electrons. The number of carbonyl (C=O) groups is 2. The lowest BCUT2D eigenvalue weighted by atomic mass is 10.1. The number of amides is 2. The molecule has 1 aliphatic heterocycles. The summed E-state index contributed by atoms with van der Waals surface area (Å²) < 4.78 is 43.0. The lowest BCUT2D eigenvalue weighted by molar-refractivity contribution is -0.157. The molecule has 0 spiro atoms. The maximum absolute atomic E-state index is 13.8. The van der Waals surface area contributed by atoms with Crippen LogP contribution in [-0.4, -0.2) is 44.5 Å². The Labute approximate surface area is 183 Å². The minimum absolute atomic E-state index is 0.0125. The van der Waals surface area contributed by atoms with Crippen LogP contribution in [0.5, 0.6) is 0 Å². The summed E-state index contributed by atoms with van der Waals surface area (Å²) in [6.45, 7) is 0. The van der Waals surface area contributed by atoms with Gasteiger partial charge in [-0.1, -0.05) is 30.0 Å². The van der Waals surface area contributed by atoms with Crippen LogP contribution in [0.4, 0.5) is 24.5 Å². The Hall–Kier alpha value is -2.86. The van der Waals surface area contributed by atoms with Crippen molar-refractivity contribution in [2.75, 3.05) is 16.0 Å². The third-order valence-corrected chi connectivity index (χ3v) is 6.55. The molecule has 1 aromatic carbocycles. The lowest BCUT2D eigenvalue weighted by Crippen LogP contribution is -2.50. The molecule has 2 amide bonds. The van der Waals surface area contributed by atoms with Crippen LogP contribution in [0.25, 0.3) is 10.7 Å². The molecule has 1 unspecified atom stereocenters. The van der Waals surface area contributed by atoms with Crippen LogP contribution in [-0.2, 0) is 16.6 Å². The molecule has 31 heavy (non-hydrogen) atoms. The van der Waals surface area contributed by atoms with Crippen molar-refractivity contribution in [2.45, 2.75) is 23.8 Å². The number of fused-ring (bicyclic) bond motifs is 1. The number of aromatic nitrogens is 3. The van der Waals surface area contributed by atoms with E-state index in [1.807, 2.05) is 17.5 Å². The molecule has 0 fully saturated rings. The molecule has 0 aliphatic carbocycles. The van der Waals surface area contributed by atoms with Crippen molar-refractivity contribution in [2.24, 2.45) is 7.05 Å². The highest BCUT2D eigenvalue weighted by Crippen LogP contribution is 2.38. The molecule has 1 N–H and O–H groups in total. The average molecular weight is 467 g/mol. The molecule has 7 nitrogen and oxygen atoms in total. The molecule has 1 aliphatic rings. The molecule has 4 rings (SSSR count). The molecule has 0 radical (unpaired) electrons. The number of benzene rings is 1. The third kappa shape index (κ3) is 4.30. The van der Waals surface area contributed by atoms with Crippen LogP contribution in [0.1, 0.15) is 6.42 Å². The van der Waals surface area contributed by atoms with E-state index in [2.05, 4.69) is 15.5 Å². The average Bonchev–Trinajstić information content (AvgIpc) is 3.32. The zero-order chi connectivity index (χ0) is 22.2. The number of thiophene rings is 1. The van der Waals surface area contributed by atoms with Crippen molar-refractivity contribution in [1.82, 2.24) is 14.8 Å². The number of anilines is 2. The maximum atomic E-state index is 13.8. The van der Waals surface area contributed by atoms with Crippen molar-refractivity contribution in [3.05, 3.63) is 41.8 Å². The quantitative estimate of drug-likeness (QED) is 0.588. The first kappa shape index (κ1) is 21.4. The SMILES string of the molecule is Cn1c(SCC(=O)N2c3ccccc3NC(=O)CC2C(F)(F)F)nnc1-c1cccs1. The molecule has 3 aromatic rings. The predicted molar refractivity (Wildman–Crippen MR) is 112 cm³/mol. The molecule has 0 saturated carbocycles. The van der Waals surface area contributed by atoms with Gasteiger partial charge in [-0.3, -0.25) is 14.5 Å². The Morgan fingerprint density at radius 1 is 1.26 bits per heavy atom. The largest absolute Gasteiger partial charge is 0.409 e. The fraction of sp³-hybridized carbons (Fsp3) is 0.263. The second-order valence-electron chi connectivity index (χ2n) is 6.72. The minimum atomic E-state index is -4.77. The van der Waals surface area contributed by atoms with Gasteiger partial charge in [0.1, 0.15) is 6.04 Å². The number of hydrogen-bond acceptors (Lipinski definition) is 6. The molecule has 0 saturated heterocycles. The van der Waals surface area contributed by atoms with E-state index in [4.69, 9.17) is 0 Å². The van der Waals surface area contributed by atoms with E-state index in [0.29, 0.717) is 15.9 Å². The summed E-state index contributed by atoms with van der Waals surface area (Å²) in [5, 5.41) is 12.9. The molecule has 1 atom stereocenters. The van der Waals surface area contributed by atoms with Crippen molar-refractivity contribution in [1.29, 1.82) is 0 Å². The first-order valence-corrected chi connectivity index (χ1v) is 11.0. The zero-order valence-electron chi connectivity index (χ0n) is 16.1. The van der Waals surface area contributed by atoms with Crippen LogP contribution < -0.4 is 10.2 Å². The highest BCUT2D eigenvalue weighted by atomic mass is 32.2. The summed E-state index contributed by atoms with van der Waals surface area (Å²) in [6.07, 6.45) is -5.65. The monoisotopic (exact) mass is 467 g/mol.